The molecule has 19 heavy (non-hydrogen) atoms. The first-order valence-corrected chi connectivity index (χ1v) is 7.53. The van der Waals surface area contributed by atoms with Gasteiger partial charge in [-0.25, -0.2) is 0 Å². The number of hydrogen-bond acceptors (Lipinski definition) is 5. The van der Waals surface area contributed by atoms with Crippen molar-refractivity contribution in [3.8, 4) is 0 Å². The number of rotatable bonds is 3. The van der Waals surface area contributed by atoms with Crippen LogP contribution in [-0.4, -0.2) is 49.2 Å². The first-order valence-electron chi connectivity index (χ1n) is 7.15. The lowest BCUT2D eigenvalue weighted by atomic mass is 10.2. The summed E-state index contributed by atoms with van der Waals surface area (Å²) in [5.74, 6) is 2.73. The predicted molar refractivity (Wildman–Crippen MR) is 77.5 cm³/mol. The van der Waals surface area contributed by atoms with Gasteiger partial charge in [0.1, 0.15) is 5.02 Å². The van der Waals surface area contributed by atoms with Crippen molar-refractivity contribution in [1.29, 1.82) is 0 Å². The standard InChI is InChI=1S/C13H18ClN5/c14-10-11(17-4-1-5-17)15-13(19-8-3-9-19)16-12(10)18-6-2-7-18/h1-9H2. The Morgan fingerprint density at radius 3 is 1.42 bits per heavy atom. The van der Waals surface area contributed by atoms with Crippen LogP contribution in [0.25, 0.3) is 0 Å². The van der Waals surface area contributed by atoms with Crippen molar-refractivity contribution in [2.24, 2.45) is 0 Å². The first-order chi connectivity index (χ1) is 9.33. The summed E-state index contributed by atoms with van der Waals surface area (Å²) in [7, 11) is 0. The summed E-state index contributed by atoms with van der Waals surface area (Å²) in [6, 6.07) is 0. The number of aromatic nitrogens is 2. The van der Waals surface area contributed by atoms with Crippen LogP contribution in [0.4, 0.5) is 17.6 Å². The molecule has 1 aromatic rings. The van der Waals surface area contributed by atoms with Gasteiger partial charge in [0.25, 0.3) is 0 Å². The predicted octanol–water partition coefficient (Wildman–Crippen LogP) is 1.76. The molecule has 0 atom stereocenters. The van der Waals surface area contributed by atoms with Gasteiger partial charge in [-0.3, -0.25) is 0 Å². The Kier molecular flexibility index (Phi) is 2.69. The van der Waals surface area contributed by atoms with Gasteiger partial charge in [0.15, 0.2) is 11.6 Å². The largest absolute Gasteiger partial charge is 0.355 e. The average Bonchev–Trinajstić information content (AvgIpc) is 2.16. The summed E-state index contributed by atoms with van der Waals surface area (Å²) in [5, 5.41) is 0.740. The van der Waals surface area contributed by atoms with Crippen molar-refractivity contribution in [3.05, 3.63) is 5.02 Å². The van der Waals surface area contributed by atoms with Crippen LogP contribution >= 0.6 is 11.6 Å². The molecule has 5 nitrogen and oxygen atoms in total. The van der Waals surface area contributed by atoms with Gasteiger partial charge in [0.05, 0.1) is 0 Å². The number of anilines is 3. The van der Waals surface area contributed by atoms with Crippen molar-refractivity contribution in [3.63, 3.8) is 0 Å². The van der Waals surface area contributed by atoms with E-state index in [1.54, 1.807) is 0 Å². The molecule has 4 rings (SSSR count). The van der Waals surface area contributed by atoms with Crippen molar-refractivity contribution in [2.75, 3.05) is 54.0 Å². The Morgan fingerprint density at radius 2 is 1.11 bits per heavy atom. The molecule has 0 spiro atoms. The molecule has 0 aromatic carbocycles. The Hall–Kier alpha value is -1.23. The van der Waals surface area contributed by atoms with Crippen LogP contribution in [0, 0.1) is 0 Å². The van der Waals surface area contributed by atoms with E-state index in [-0.39, 0.29) is 0 Å². The third kappa shape index (κ3) is 1.83. The van der Waals surface area contributed by atoms with E-state index in [1.165, 1.54) is 19.3 Å². The van der Waals surface area contributed by atoms with Crippen molar-refractivity contribution in [1.82, 2.24) is 9.97 Å². The molecule has 0 amide bonds. The lowest BCUT2D eigenvalue weighted by Crippen LogP contribution is -2.43. The molecule has 1 aromatic heterocycles. The van der Waals surface area contributed by atoms with E-state index in [2.05, 4.69) is 14.7 Å². The fourth-order valence-electron chi connectivity index (χ4n) is 2.55. The molecule has 0 bridgehead atoms. The van der Waals surface area contributed by atoms with E-state index in [0.717, 1.165) is 61.9 Å². The molecule has 0 aliphatic carbocycles. The molecule has 3 aliphatic rings. The van der Waals surface area contributed by atoms with Gasteiger partial charge in [-0.15, -0.1) is 0 Å². The smallest absolute Gasteiger partial charge is 0.229 e. The zero-order chi connectivity index (χ0) is 12.8. The van der Waals surface area contributed by atoms with Crippen LogP contribution < -0.4 is 14.7 Å². The summed E-state index contributed by atoms with van der Waals surface area (Å²) in [5.41, 5.74) is 0. The van der Waals surface area contributed by atoms with Crippen molar-refractivity contribution < 1.29 is 0 Å². The lowest BCUT2D eigenvalue weighted by Gasteiger charge is -2.38. The average molecular weight is 280 g/mol. The highest BCUT2D eigenvalue weighted by Gasteiger charge is 2.29. The second kappa shape index (κ2) is 4.40. The van der Waals surface area contributed by atoms with E-state index < -0.39 is 0 Å². The molecular formula is C13H18ClN5. The molecule has 0 N–H and O–H groups in total. The summed E-state index contributed by atoms with van der Waals surface area (Å²) >= 11 is 6.53. The topological polar surface area (TPSA) is 35.5 Å². The fraction of sp³-hybridized carbons (Fsp3) is 0.692. The van der Waals surface area contributed by atoms with Gasteiger partial charge in [-0.1, -0.05) is 11.6 Å². The summed E-state index contributed by atoms with van der Waals surface area (Å²) in [6.45, 7) is 6.40. The van der Waals surface area contributed by atoms with Crippen LogP contribution in [0.2, 0.25) is 5.02 Å². The van der Waals surface area contributed by atoms with Gasteiger partial charge in [0.2, 0.25) is 5.95 Å². The highest BCUT2D eigenvalue weighted by Crippen LogP contribution is 2.38. The molecule has 3 saturated heterocycles. The molecule has 0 saturated carbocycles. The minimum Gasteiger partial charge on any atom is -0.355 e. The van der Waals surface area contributed by atoms with Crippen molar-refractivity contribution >= 4 is 29.2 Å². The zero-order valence-corrected chi connectivity index (χ0v) is 11.7. The van der Waals surface area contributed by atoms with Crippen LogP contribution in [0.1, 0.15) is 19.3 Å². The first kappa shape index (κ1) is 11.6. The maximum absolute atomic E-state index is 6.53. The zero-order valence-electron chi connectivity index (χ0n) is 11.0. The summed E-state index contributed by atoms with van der Waals surface area (Å²) in [4.78, 5) is 16.2. The second-order valence-corrected chi connectivity index (χ2v) is 5.88. The SMILES string of the molecule is Clc1c(N2CCC2)nc(N2CCC2)nc1N1CCC1. The van der Waals surface area contributed by atoms with Gasteiger partial charge >= 0.3 is 0 Å². The molecule has 0 unspecified atom stereocenters. The lowest BCUT2D eigenvalue weighted by molar-refractivity contribution is 0.578. The Morgan fingerprint density at radius 1 is 0.684 bits per heavy atom. The van der Waals surface area contributed by atoms with E-state index in [4.69, 9.17) is 21.6 Å². The van der Waals surface area contributed by atoms with Gasteiger partial charge in [-0.05, 0) is 19.3 Å². The van der Waals surface area contributed by atoms with Gasteiger partial charge < -0.3 is 14.7 Å². The second-order valence-electron chi connectivity index (χ2n) is 5.51. The van der Waals surface area contributed by atoms with E-state index in [1.807, 2.05) is 0 Å². The molecule has 3 fully saturated rings. The van der Waals surface area contributed by atoms with Crippen LogP contribution in [0.3, 0.4) is 0 Å². The minimum atomic E-state index is 0.740. The molecule has 4 heterocycles. The fourth-order valence-corrected chi connectivity index (χ4v) is 2.87. The van der Waals surface area contributed by atoms with Crippen molar-refractivity contribution in [2.45, 2.75) is 19.3 Å². The molecular weight excluding hydrogens is 262 g/mol. The van der Waals surface area contributed by atoms with E-state index in [0.29, 0.717) is 0 Å². The van der Waals surface area contributed by atoms with Crippen LogP contribution in [-0.2, 0) is 0 Å². The Labute approximate surface area is 118 Å². The third-order valence-corrected chi connectivity index (χ3v) is 4.59. The van der Waals surface area contributed by atoms with Crippen LogP contribution in [0.5, 0.6) is 0 Å². The summed E-state index contributed by atoms with van der Waals surface area (Å²) in [6.07, 6.45) is 3.71. The molecule has 6 heteroatoms. The highest BCUT2D eigenvalue weighted by molar-refractivity contribution is 6.35. The highest BCUT2D eigenvalue weighted by atomic mass is 35.5. The summed E-state index contributed by atoms with van der Waals surface area (Å²) < 4.78 is 0. The number of hydrogen-bond donors (Lipinski definition) is 0. The van der Waals surface area contributed by atoms with E-state index >= 15 is 0 Å². The van der Waals surface area contributed by atoms with Crippen LogP contribution in [0.15, 0.2) is 0 Å². The maximum Gasteiger partial charge on any atom is 0.229 e. The Balaban J connectivity index is 1.74. The van der Waals surface area contributed by atoms with Gasteiger partial charge in [-0.2, -0.15) is 9.97 Å². The Bertz CT molecular complexity index is 459. The van der Waals surface area contributed by atoms with E-state index in [9.17, 15) is 0 Å². The molecule has 3 aliphatic heterocycles. The number of halogens is 1. The normalized spacial score (nSPS) is 21.8. The quantitative estimate of drug-likeness (QED) is 0.843. The molecule has 0 radical (unpaired) electrons. The third-order valence-electron chi connectivity index (χ3n) is 4.25. The minimum absolute atomic E-state index is 0.740. The van der Waals surface area contributed by atoms with Gasteiger partial charge in [0, 0.05) is 39.3 Å². The number of nitrogens with zero attached hydrogens (tertiary/aromatic N) is 5. The maximum atomic E-state index is 6.53. The molecule has 102 valence electrons. The monoisotopic (exact) mass is 279 g/mol.